The molecule has 0 unspecified atom stereocenters. The molecule has 1 saturated heterocycles. The van der Waals surface area contributed by atoms with Gasteiger partial charge in [0.25, 0.3) is 0 Å². The van der Waals surface area contributed by atoms with E-state index in [0.29, 0.717) is 12.0 Å². The van der Waals surface area contributed by atoms with E-state index in [-0.39, 0.29) is 0 Å². The molecule has 106 valence electrons. The summed E-state index contributed by atoms with van der Waals surface area (Å²) >= 11 is 1.90. The largest absolute Gasteiger partial charge is 0.371 e. The van der Waals surface area contributed by atoms with Crippen LogP contribution in [0.2, 0.25) is 0 Å². The van der Waals surface area contributed by atoms with Gasteiger partial charge in [0.15, 0.2) is 0 Å². The lowest BCUT2D eigenvalue weighted by atomic mass is 9.84. The molecule has 0 spiro atoms. The quantitative estimate of drug-likeness (QED) is 0.847. The van der Waals surface area contributed by atoms with Gasteiger partial charge in [0.05, 0.1) is 0 Å². The van der Waals surface area contributed by atoms with Crippen LogP contribution in [0.5, 0.6) is 0 Å². The summed E-state index contributed by atoms with van der Waals surface area (Å²) in [6.07, 6.45) is 2.60. The molecule has 2 rings (SSSR count). The van der Waals surface area contributed by atoms with Crippen molar-refractivity contribution >= 4 is 17.4 Å². The van der Waals surface area contributed by atoms with Crippen LogP contribution >= 0.6 is 11.8 Å². The van der Waals surface area contributed by atoms with E-state index in [1.54, 1.807) is 0 Å². The maximum Gasteiger partial charge on any atom is 0.0423 e. The molecule has 1 heterocycles. The number of piperidine rings is 1. The Morgan fingerprint density at radius 1 is 1.37 bits per heavy atom. The summed E-state index contributed by atoms with van der Waals surface area (Å²) in [6, 6.07) is 6.62. The van der Waals surface area contributed by atoms with E-state index in [2.05, 4.69) is 43.9 Å². The number of anilines is 1. The van der Waals surface area contributed by atoms with Crippen LogP contribution in [0.25, 0.3) is 0 Å². The SMILES string of the molecule is CCSc1cccc(N2CCCC(C)(C)C2)c1CN. The fourth-order valence-electron chi connectivity index (χ4n) is 2.98. The van der Waals surface area contributed by atoms with Crippen molar-refractivity contribution in [2.24, 2.45) is 11.1 Å². The van der Waals surface area contributed by atoms with Crippen molar-refractivity contribution in [3.63, 3.8) is 0 Å². The van der Waals surface area contributed by atoms with E-state index in [4.69, 9.17) is 5.73 Å². The van der Waals surface area contributed by atoms with Gasteiger partial charge in [-0.3, -0.25) is 0 Å². The lowest BCUT2D eigenvalue weighted by Crippen LogP contribution is -2.40. The number of thioether (sulfide) groups is 1. The Kier molecular flexibility index (Phi) is 4.80. The van der Waals surface area contributed by atoms with Crippen molar-refractivity contribution in [1.29, 1.82) is 0 Å². The number of nitrogens with zero attached hydrogens (tertiary/aromatic N) is 1. The molecule has 0 bridgehead atoms. The molecule has 1 aliphatic rings. The Bertz CT molecular complexity index is 429. The first-order chi connectivity index (χ1) is 9.07. The fraction of sp³-hybridized carbons (Fsp3) is 0.625. The molecule has 0 atom stereocenters. The monoisotopic (exact) mass is 278 g/mol. The predicted octanol–water partition coefficient (Wildman–Crippen LogP) is 3.88. The fourth-order valence-corrected chi connectivity index (χ4v) is 3.82. The van der Waals surface area contributed by atoms with Crippen LogP contribution in [0.4, 0.5) is 5.69 Å². The summed E-state index contributed by atoms with van der Waals surface area (Å²) in [5.74, 6) is 1.10. The van der Waals surface area contributed by atoms with Crippen LogP contribution in [0.1, 0.15) is 39.2 Å². The van der Waals surface area contributed by atoms with E-state index in [9.17, 15) is 0 Å². The highest BCUT2D eigenvalue weighted by molar-refractivity contribution is 7.99. The second-order valence-electron chi connectivity index (χ2n) is 6.08. The number of nitrogens with two attached hydrogens (primary N) is 1. The molecule has 2 nitrogen and oxygen atoms in total. The number of benzene rings is 1. The summed E-state index contributed by atoms with van der Waals surface area (Å²) in [7, 11) is 0. The standard InChI is InChI=1S/C16H26N2S/c1-4-19-15-8-5-7-14(13(15)11-17)18-10-6-9-16(2,3)12-18/h5,7-8H,4,6,9-12,17H2,1-3H3. The first-order valence-corrected chi connectivity index (χ1v) is 8.25. The van der Waals surface area contributed by atoms with Gasteiger partial charge in [-0.1, -0.05) is 26.8 Å². The normalized spacial score (nSPS) is 18.6. The lowest BCUT2D eigenvalue weighted by molar-refractivity contribution is 0.293. The van der Waals surface area contributed by atoms with Crippen LogP contribution in [0.15, 0.2) is 23.1 Å². The van der Waals surface area contributed by atoms with Crippen LogP contribution in [-0.4, -0.2) is 18.8 Å². The van der Waals surface area contributed by atoms with Gasteiger partial charge in [0, 0.05) is 35.8 Å². The van der Waals surface area contributed by atoms with Crippen LogP contribution in [0.3, 0.4) is 0 Å². The highest BCUT2D eigenvalue weighted by Gasteiger charge is 2.27. The first-order valence-electron chi connectivity index (χ1n) is 7.27. The predicted molar refractivity (Wildman–Crippen MR) is 86.0 cm³/mol. The number of hydrogen-bond acceptors (Lipinski definition) is 3. The van der Waals surface area contributed by atoms with Crippen LogP contribution in [0, 0.1) is 5.41 Å². The van der Waals surface area contributed by atoms with Crippen molar-refractivity contribution in [1.82, 2.24) is 0 Å². The summed E-state index contributed by atoms with van der Waals surface area (Å²) in [5.41, 5.74) is 9.11. The maximum atomic E-state index is 6.02. The Morgan fingerprint density at radius 2 is 2.16 bits per heavy atom. The van der Waals surface area contributed by atoms with E-state index in [1.807, 2.05) is 11.8 Å². The Hall–Kier alpha value is -0.670. The number of hydrogen-bond donors (Lipinski definition) is 1. The molecular weight excluding hydrogens is 252 g/mol. The molecule has 2 N–H and O–H groups in total. The molecule has 3 heteroatoms. The Morgan fingerprint density at radius 3 is 2.79 bits per heavy atom. The van der Waals surface area contributed by atoms with Gasteiger partial charge < -0.3 is 10.6 Å². The maximum absolute atomic E-state index is 6.02. The van der Waals surface area contributed by atoms with Gasteiger partial charge in [0.1, 0.15) is 0 Å². The third-order valence-electron chi connectivity index (χ3n) is 3.85. The van der Waals surface area contributed by atoms with Crippen molar-refractivity contribution in [2.75, 3.05) is 23.7 Å². The molecule has 0 saturated carbocycles. The second-order valence-corrected chi connectivity index (χ2v) is 7.39. The smallest absolute Gasteiger partial charge is 0.0423 e. The first kappa shape index (κ1) is 14.7. The third kappa shape index (κ3) is 3.46. The van der Waals surface area contributed by atoms with Crippen molar-refractivity contribution < 1.29 is 0 Å². The molecule has 1 aromatic rings. The molecule has 1 aliphatic heterocycles. The highest BCUT2D eigenvalue weighted by atomic mass is 32.2. The zero-order chi connectivity index (χ0) is 13.9. The van der Waals surface area contributed by atoms with E-state index in [1.165, 1.54) is 29.0 Å². The molecular formula is C16H26N2S. The average Bonchev–Trinajstić information content (AvgIpc) is 2.37. The van der Waals surface area contributed by atoms with Gasteiger partial charge in [-0.05, 0) is 36.1 Å². The van der Waals surface area contributed by atoms with Crippen molar-refractivity contribution in [2.45, 2.75) is 45.1 Å². The molecule has 0 amide bonds. The van der Waals surface area contributed by atoms with Crippen LogP contribution < -0.4 is 10.6 Å². The Labute approximate surface area is 121 Å². The molecule has 0 aliphatic carbocycles. The minimum absolute atomic E-state index is 0.415. The third-order valence-corrected chi connectivity index (χ3v) is 4.84. The summed E-state index contributed by atoms with van der Waals surface area (Å²) in [5, 5.41) is 0. The molecule has 1 fully saturated rings. The molecule has 0 aromatic heterocycles. The zero-order valence-corrected chi connectivity index (χ0v) is 13.2. The molecule has 0 radical (unpaired) electrons. The lowest BCUT2D eigenvalue weighted by Gasteiger charge is -2.40. The van der Waals surface area contributed by atoms with Gasteiger partial charge in [-0.2, -0.15) is 0 Å². The van der Waals surface area contributed by atoms with Gasteiger partial charge >= 0.3 is 0 Å². The van der Waals surface area contributed by atoms with Gasteiger partial charge in [-0.15, -0.1) is 11.8 Å². The number of rotatable bonds is 4. The van der Waals surface area contributed by atoms with Gasteiger partial charge in [-0.25, -0.2) is 0 Å². The minimum Gasteiger partial charge on any atom is -0.371 e. The summed E-state index contributed by atoms with van der Waals surface area (Å²) < 4.78 is 0. The van der Waals surface area contributed by atoms with Crippen molar-refractivity contribution in [3.8, 4) is 0 Å². The molecule has 1 aromatic carbocycles. The highest BCUT2D eigenvalue weighted by Crippen LogP contribution is 2.36. The topological polar surface area (TPSA) is 29.3 Å². The Balaban J connectivity index is 2.30. The summed E-state index contributed by atoms with van der Waals surface area (Å²) in [4.78, 5) is 3.89. The zero-order valence-electron chi connectivity index (χ0n) is 12.4. The summed E-state index contributed by atoms with van der Waals surface area (Å²) in [6.45, 7) is 9.87. The minimum atomic E-state index is 0.415. The van der Waals surface area contributed by atoms with Crippen LogP contribution in [-0.2, 0) is 6.54 Å². The average molecular weight is 278 g/mol. The van der Waals surface area contributed by atoms with E-state index in [0.717, 1.165) is 18.8 Å². The van der Waals surface area contributed by atoms with E-state index >= 15 is 0 Å². The molecule has 19 heavy (non-hydrogen) atoms. The second kappa shape index (κ2) is 6.19. The van der Waals surface area contributed by atoms with E-state index < -0.39 is 0 Å². The van der Waals surface area contributed by atoms with Crippen molar-refractivity contribution in [3.05, 3.63) is 23.8 Å². The van der Waals surface area contributed by atoms with Gasteiger partial charge in [0.2, 0.25) is 0 Å².